The minimum Gasteiger partial charge on any atom is -0.355 e. The lowest BCUT2D eigenvalue weighted by molar-refractivity contribution is -0.120. The molecule has 0 saturated carbocycles. The van der Waals surface area contributed by atoms with Gasteiger partial charge in [-0.2, -0.15) is 0 Å². The average Bonchev–Trinajstić information content (AvgIpc) is 3.05. The number of nitrogens with zero attached hydrogens (tertiary/aromatic N) is 4. The summed E-state index contributed by atoms with van der Waals surface area (Å²) >= 11 is 1.65. The Hall–Kier alpha value is -2.02. The average molecular weight is 343 g/mol. The van der Waals surface area contributed by atoms with Crippen LogP contribution in [0, 0.1) is 5.92 Å². The highest BCUT2D eigenvalue weighted by Gasteiger charge is 2.27. The zero-order valence-electron chi connectivity index (χ0n) is 13.6. The number of fused-ring (bicyclic) bond motifs is 1. The van der Waals surface area contributed by atoms with Gasteiger partial charge in [0.2, 0.25) is 5.91 Å². The van der Waals surface area contributed by atoms with E-state index in [0.29, 0.717) is 6.54 Å². The second kappa shape index (κ2) is 6.84. The molecule has 24 heavy (non-hydrogen) atoms. The smallest absolute Gasteiger partial charge is 0.231 e. The number of aromatic nitrogens is 3. The molecule has 2 aromatic heterocycles. The number of rotatable bonds is 3. The second-order valence-electron chi connectivity index (χ2n) is 6.43. The second-order valence-corrected chi connectivity index (χ2v) is 7.52. The third-order valence-corrected chi connectivity index (χ3v) is 5.81. The summed E-state index contributed by atoms with van der Waals surface area (Å²) in [6.45, 7) is 1.61. The highest BCUT2D eigenvalue weighted by Crippen LogP contribution is 2.30. The number of carbonyl (C=O) groups is 1. The molecule has 2 aliphatic rings. The molecule has 1 fully saturated rings. The monoisotopic (exact) mass is 343 g/mol. The zero-order valence-corrected chi connectivity index (χ0v) is 14.4. The summed E-state index contributed by atoms with van der Waals surface area (Å²) in [4.78, 5) is 29.2. The molecule has 0 bridgehead atoms. The molecule has 3 heterocycles. The van der Waals surface area contributed by atoms with Crippen molar-refractivity contribution in [1.82, 2.24) is 15.0 Å². The van der Waals surface area contributed by atoms with Gasteiger partial charge in [-0.15, -0.1) is 11.3 Å². The Morgan fingerprint density at radius 1 is 1.25 bits per heavy atom. The van der Waals surface area contributed by atoms with Gasteiger partial charge in [0.25, 0.3) is 0 Å². The number of hydrogen-bond donors (Lipinski definition) is 1. The summed E-state index contributed by atoms with van der Waals surface area (Å²) in [5.41, 5.74) is 1.19. The quantitative estimate of drug-likeness (QED) is 0.928. The molecular formula is C17H21N5OS. The molecule has 4 rings (SSSR count). The van der Waals surface area contributed by atoms with E-state index in [2.05, 4.69) is 25.2 Å². The molecule has 7 heteroatoms. The summed E-state index contributed by atoms with van der Waals surface area (Å²) in [6, 6.07) is 0. The van der Waals surface area contributed by atoms with Gasteiger partial charge >= 0.3 is 0 Å². The van der Waals surface area contributed by atoms with Crippen LogP contribution in [0.4, 0.5) is 10.9 Å². The Balaban J connectivity index is 1.41. The summed E-state index contributed by atoms with van der Waals surface area (Å²) in [6.07, 6.45) is 11.6. The molecule has 0 radical (unpaired) electrons. The van der Waals surface area contributed by atoms with Crippen molar-refractivity contribution in [2.45, 2.75) is 38.5 Å². The van der Waals surface area contributed by atoms with E-state index in [1.54, 1.807) is 29.9 Å². The number of piperidine rings is 1. The van der Waals surface area contributed by atoms with Crippen molar-refractivity contribution < 1.29 is 4.79 Å². The van der Waals surface area contributed by atoms with Crippen LogP contribution < -0.4 is 10.2 Å². The van der Waals surface area contributed by atoms with Crippen molar-refractivity contribution in [3.8, 4) is 0 Å². The molecule has 1 saturated heterocycles. The van der Waals surface area contributed by atoms with Crippen molar-refractivity contribution in [3.63, 3.8) is 0 Å². The Morgan fingerprint density at radius 2 is 2.17 bits per heavy atom. The Morgan fingerprint density at radius 3 is 3.00 bits per heavy atom. The molecule has 0 unspecified atom stereocenters. The maximum atomic E-state index is 12.7. The Bertz CT molecular complexity index is 694. The normalized spacial score (nSPS) is 20.5. The minimum absolute atomic E-state index is 0.0262. The first kappa shape index (κ1) is 15.5. The number of amides is 1. The van der Waals surface area contributed by atoms with Crippen LogP contribution in [0.5, 0.6) is 0 Å². The molecule has 0 aromatic carbocycles. The van der Waals surface area contributed by atoms with Crippen molar-refractivity contribution >= 4 is 28.2 Å². The van der Waals surface area contributed by atoms with Gasteiger partial charge < -0.3 is 10.2 Å². The lowest BCUT2D eigenvalue weighted by Crippen LogP contribution is -2.41. The summed E-state index contributed by atoms with van der Waals surface area (Å²) in [7, 11) is 0. The Labute approximate surface area is 145 Å². The van der Waals surface area contributed by atoms with Crippen molar-refractivity contribution in [2.24, 2.45) is 5.92 Å². The summed E-state index contributed by atoms with van der Waals surface area (Å²) < 4.78 is 0. The highest BCUT2D eigenvalue weighted by molar-refractivity contribution is 7.15. The standard InChI is InChI=1S/C17H21N5OS/c23-16(21-17-20-13-5-1-2-6-14(13)24-17)12-4-3-9-22(11-12)15-10-18-7-8-19-15/h7-8,10,12H,1-6,9,11H2,(H,20,21,23)/t12-/m0/s1. The first-order valence-electron chi connectivity index (χ1n) is 8.60. The summed E-state index contributed by atoms with van der Waals surface area (Å²) in [5.74, 6) is 0.899. The first-order valence-corrected chi connectivity index (χ1v) is 9.41. The fourth-order valence-electron chi connectivity index (χ4n) is 3.47. The maximum absolute atomic E-state index is 12.7. The van der Waals surface area contributed by atoms with Crippen LogP contribution in [0.25, 0.3) is 0 Å². The summed E-state index contributed by atoms with van der Waals surface area (Å²) in [5, 5.41) is 3.81. The van der Waals surface area contributed by atoms with E-state index in [4.69, 9.17) is 0 Å². The number of hydrogen-bond acceptors (Lipinski definition) is 6. The number of thiazole rings is 1. The zero-order chi connectivity index (χ0) is 16.4. The molecule has 0 spiro atoms. The molecule has 1 aliphatic heterocycles. The van der Waals surface area contributed by atoms with E-state index in [1.165, 1.54) is 23.4 Å². The maximum Gasteiger partial charge on any atom is 0.231 e. The van der Waals surface area contributed by atoms with Crippen LogP contribution in [0.2, 0.25) is 0 Å². The predicted molar refractivity (Wildman–Crippen MR) is 94.4 cm³/mol. The van der Waals surface area contributed by atoms with Crippen molar-refractivity contribution in [3.05, 3.63) is 29.2 Å². The van der Waals surface area contributed by atoms with E-state index >= 15 is 0 Å². The molecule has 2 aromatic rings. The SMILES string of the molecule is O=C(Nc1nc2c(s1)CCCC2)[C@H]1CCCN(c2cnccn2)C1. The number of anilines is 2. The van der Waals surface area contributed by atoms with Gasteiger partial charge in [0, 0.05) is 30.4 Å². The van der Waals surface area contributed by atoms with Gasteiger partial charge in [0.05, 0.1) is 17.8 Å². The highest BCUT2D eigenvalue weighted by atomic mass is 32.1. The molecular weight excluding hydrogens is 322 g/mol. The van der Waals surface area contributed by atoms with Crippen molar-refractivity contribution in [2.75, 3.05) is 23.3 Å². The van der Waals surface area contributed by atoms with Crippen LogP contribution in [-0.2, 0) is 17.6 Å². The predicted octanol–water partition coefficient (Wildman–Crippen LogP) is 2.67. The fraction of sp³-hybridized carbons (Fsp3) is 0.529. The Kier molecular flexibility index (Phi) is 4.42. The van der Waals surface area contributed by atoms with Crippen molar-refractivity contribution in [1.29, 1.82) is 0 Å². The van der Waals surface area contributed by atoms with Gasteiger partial charge in [0.15, 0.2) is 5.13 Å². The van der Waals surface area contributed by atoms with Gasteiger partial charge in [-0.3, -0.25) is 9.78 Å². The van der Waals surface area contributed by atoms with E-state index in [0.717, 1.165) is 43.2 Å². The van der Waals surface area contributed by atoms with Crippen LogP contribution in [0.1, 0.15) is 36.3 Å². The first-order chi connectivity index (χ1) is 11.8. The van der Waals surface area contributed by atoms with Crippen LogP contribution >= 0.6 is 11.3 Å². The minimum atomic E-state index is -0.0262. The lowest BCUT2D eigenvalue weighted by Gasteiger charge is -2.32. The van der Waals surface area contributed by atoms with Crippen LogP contribution in [0.15, 0.2) is 18.6 Å². The number of aryl methyl sites for hydroxylation is 2. The van der Waals surface area contributed by atoms with Gasteiger partial charge in [-0.1, -0.05) is 0 Å². The molecule has 126 valence electrons. The largest absolute Gasteiger partial charge is 0.355 e. The molecule has 1 atom stereocenters. The van der Waals surface area contributed by atoms with Gasteiger partial charge in [-0.05, 0) is 38.5 Å². The third kappa shape index (κ3) is 3.26. The van der Waals surface area contributed by atoms with E-state index in [9.17, 15) is 4.79 Å². The molecule has 1 aliphatic carbocycles. The van der Waals surface area contributed by atoms with E-state index in [-0.39, 0.29) is 11.8 Å². The fourth-order valence-corrected chi connectivity index (χ4v) is 4.52. The number of nitrogens with one attached hydrogen (secondary N) is 1. The van der Waals surface area contributed by atoms with Gasteiger partial charge in [0.1, 0.15) is 5.82 Å². The lowest BCUT2D eigenvalue weighted by atomic mass is 9.97. The topological polar surface area (TPSA) is 71.0 Å². The van der Waals surface area contributed by atoms with E-state index < -0.39 is 0 Å². The van der Waals surface area contributed by atoms with Crippen LogP contribution in [-0.4, -0.2) is 33.9 Å². The van der Waals surface area contributed by atoms with Crippen LogP contribution in [0.3, 0.4) is 0 Å². The third-order valence-electron chi connectivity index (χ3n) is 4.74. The molecule has 1 amide bonds. The van der Waals surface area contributed by atoms with E-state index in [1.807, 2.05) is 0 Å². The molecule has 6 nitrogen and oxygen atoms in total. The molecule has 1 N–H and O–H groups in total. The number of carbonyl (C=O) groups excluding carboxylic acids is 1. The van der Waals surface area contributed by atoms with Gasteiger partial charge in [-0.25, -0.2) is 9.97 Å².